The van der Waals surface area contributed by atoms with E-state index in [9.17, 15) is 12.8 Å². The molecule has 0 amide bonds. The molecule has 1 aromatic carbocycles. The second-order valence-electron chi connectivity index (χ2n) is 6.29. The van der Waals surface area contributed by atoms with E-state index in [1.54, 1.807) is 29.2 Å². The van der Waals surface area contributed by atoms with Crippen LogP contribution in [0.15, 0.2) is 47.8 Å². The fourth-order valence-corrected chi connectivity index (χ4v) is 4.41. The van der Waals surface area contributed by atoms with Crippen LogP contribution in [0, 0.1) is 5.82 Å². The molecule has 0 atom stereocenters. The number of halogens is 1. The molecule has 3 aromatic rings. The standard InChI is InChI=1S/C18H18FN5O2S/c1-2-23-12-16(10-21-23)27(25,26)24-8-7-17-14(11-24)9-20-18(22-17)13-3-5-15(19)6-4-13/h3-6,9-10,12H,2,7-8,11H2,1H3. The van der Waals surface area contributed by atoms with Gasteiger partial charge in [0.05, 0.1) is 11.9 Å². The summed E-state index contributed by atoms with van der Waals surface area (Å²) in [5.41, 5.74) is 2.32. The number of benzene rings is 1. The number of rotatable bonds is 4. The number of sulfonamides is 1. The lowest BCUT2D eigenvalue weighted by molar-refractivity contribution is 0.387. The van der Waals surface area contributed by atoms with E-state index < -0.39 is 10.0 Å². The zero-order chi connectivity index (χ0) is 19.0. The second kappa shape index (κ2) is 6.82. The van der Waals surface area contributed by atoms with E-state index in [-0.39, 0.29) is 17.3 Å². The first kappa shape index (κ1) is 17.7. The minimum absolute atomic E-state index is 0.191. The maximum Gasteiger partial charge on any atom is 0.246 e. The highest BCUT2D eigenvalue weighted by Crippen LogP contribution is 2.25. The summed E-state index contributed by atoms with van der Waals surface area (Å²) in [6.45, 7) is 3.07. The molecule has 2 aromatic heterocycles. The molecule has 0 saturated heterocycles. The lowest BCUT2D eigenvalue weighted by Gasteiger charge is -2.26. The Hall–Kier alpha value is -2.65. The molecule has 0 bridgehead atoms. The Morgan fingerprint density at radius 1 is 1.19 bits per heavy atom. The third kappa shape index (κ3) is 3.35. The van der Waals surface area contributed by atoms with E-state index in [2.05, 4.69) is 15.1 Å². The number of fused-ring (bicyclic) bond motifs is 1. The number of aryl methyl sites for hydroxylation is 1. The molecule has 0 N–H and O–H groups in total. The fraction of sp³-hybridized carbons (Fsp3) is 0.278. The molecule has 0 spiro atoms. The molecule has 0 unspecified atom stereocenters. The molecule has 0 fully saturated rings. The molecular weight excluding hydrogens is 369 g/mol. The van der Waals surface area contributed by atoms with Gasteiger partial charge in [-0.3, -0.25) is 4.68 Å². The van der Waals surface area contributed by atoms with E-state index in [4.69, 9.17) is 0 Å². The van der Waals surface area contributed by atoms with E-state index in [1.165, 1.54) is 22.6 Å². The van der Waals surface area contributed by atoms with Crippen LogP contribution in [0.1, 0.15) is 18.2 Å². The third-order valence-electron chi connectivity index (χ3n) is 4.57. The van der Waals surface area contributed by atoms with E-state index in [1.807, 2.05) is 6.92 Å². The molecule has 1 aliphatic rings. The number of aromatic nitrogens is 4. The quantitative estimate of drug-likeness (QED) is 0.686. The van der Waals surface area contributed by atoms with Crippen molar-refractivity contribution in [3.8, 4) is 11.4 Å². The molecule has 7 nitrogen and oxygen atoms in total. The van der Waals surface area contributed by atoms with Gasteiger partial charge in [-0.1, -0.05) is 0 Å². The summed E-state index contributed by atoms with van der Waals surface area (Å²) in [6.07, 6.45) is 5.06. The van der Waals surface area contributed by atoms with Gasteiger partial charge in [0.15, 0.2) is 5.82 Å². The Morgan fingerprint density at radius 2 is 1.96 bits per heavy atom. The van der Waals surface area contributed by atoms with Crippen molar-refractivity contribution in [2.24, 2.45) is 0 Å². The van der Waals surface area contributed by atoms with Gasteiger partial charge in [-0.25, -0.2) is 22.8 Å². The zero-order valence-corrected chi connectivity index (χ0v) is 15.5. The van der Waals surface area contributed by atoms with Gasteiger partial charge >= 0.3 is 0 Å². The van der Waals surface area contributed by atoms with Crippen molar-refractivity contribution in [3.05, 3.63) is 59.9 Å². The van der Waals surface area contributed by atoms with Crippen molar-refractivity contribution in [1.29, 1.82) is 0 Å². The number of hydrogen-bond acceptors (Lipinski definition) is 5. The minimum atomic E-state index is -3.61. The van der Waals surface area contributed by atoms with E-state index in [0.29, 0.717) is 25.3 Å². The average Bonchev–Trinajstić information content (AvgIpc) is 3.18. The lowest BCUT2D eigenvalue weighted by Crippen LogP contribution is -2.36. The minimum Gasteiger partial charge on any atom is -0.272 e. The second-order valence-corrected chi connectivity index (χ2v) is 8.23. The summed E-state index contributed by atoms with van der Waals surface area (Å²) in [5, 5.41) is 4.05. The molecule has 140 valence electrons. The fourth-order valence-electron chi connectivity index (χ4n) is 3.03. The maximum atomic E-state index is 13.1. The smallest absolute Gasteiger partial charge is 0.246 e. The first-order chi connectivity index (χ1) is 13.0. The normalized spacial score (nSPS) is 14.9. The van der Waals surface area contributed by atoms with Gasteiger partial charge in [-0.15, -0.1) is 0 Å². The molecule has 0 aliphatic carbocycles. The van der Waals surface area contributed by atoms with Gasteiger partial charge in [-0.2, -0.15) is 9.40 Å². The molecule has 27 heavy (non-hydrogen) atoms. The zero-order valence-electron chi connectivity index (χ0n) is 14.7. The van der Waals surface area contributed by atoms with Gasteiger partial charge in [0.25, 0.3) is 0 Å². The van der Waals surface area contributed by atoms with E-state index in [0.717, 1.165) is 16.8 Å². The van der Waals surface area contributed by atoms with Crippen molar-refractivity contribution in [2.45, 2.75) is 31.3 Å². The largest absolute Gasteiger partial charge is 0.272 e. The first-order valence-corrected chi connectivity index (χ1v) is 10.0. The Kier molecular flexibility index (Phi) is 4.48. The van der Waals surface area contributed by atoms with Gasteiger partial charge in [0.2, 0.25) is 10.0 Å². The van der Waals surface area contributed by atoms with Crippen molar-refractivity contribution in [1.82, 2.24) is 24.1 Å². The molecule has 1 aliphatic heterocycles. The highest BCUT2D eigenvalue weighted by atomic mass is 32.2. The first-order valence-electron chi connectivity index (χ1n) is 8.60. The van der Waals surface area contributed by atoms with Gasteiger partial charge < -0.3 is 0 Å². The topological polar surface area (TPSA) is 81.0 Å². The van der Waals surface area contributed by atoms with Crippen molar-refractivity contribution in [3.63, 3.8) is 0 Å². The summed E-state index contributed by atoms with van der Waals surface area (Å²) in [7, 11) is -3.61. The van der Waals surface area contributed by atoms with Crippen LogP contribution in [0.25, 0.3) is 11.4 Å². The van der Waals surface area contributed by atoms with Crippen molar-refractivity contribution < 1.29 is 12.8 Å². The summed E-state index contributed by atoms with van der Waals surface area (Å²) in [4.78, 5) is 9.07. The van der Waals surface area contributed by atoms with Gasteiger partial charge in [-0.05, 0) is 31.2 Å². The highest BCUT2D eigenvalue weighted by molar-refractivity contribution is 7.89. The molecule has 0 saturated carbocycles. The molecular formula is C18H18FN5O2S. The summed E-state index contributed by atoms with van der Waals surface area (Å²) in [5.74, 6) is 0.193. The monoisotopic (exact) mass is 387 g/mol. The van der Waals surface area contributed by atoms with Gasteiger partial charge in [0.1, 0.15) is 10.7 Å². The predicted octanol–water partition coefficient (Wildman–Crippen LogP) is 2.25. The maximum absolute atomic E-state index is 13.1. The molecule has 0 radical (unpaired) electrons. The van der Waals surface area contributed by atoms with Crippen LogP contribution in [0.3, 0.4) is 0 Å². The van der Waals surface area contributed by atoms with Crippen LogP contribution in [-0.2, 0) is 29.5 Å². The van der Waals surface area contributed by atoms with Crippen LogP contribution < -0.4 is 0 Å². The van der Waals surface area contributed by atoms with Crippen molar-refractivity contribution >= 4 is 10.0 Å². The van der Waals surface area contributed by atoms with Crippen LogP contribution >= 0.6 is 0 Å². The Bertz CT molecular complexity index is 1080. The summed E-state index contributed by atoms with van der Waals surface area (Å²) < 4.78 is 41.8. The van der Waals surface area contributed by atoms with Crippen LogP contribution in [-0.4, -0.2) is 39.0 Å². The van der Waals surface area contributed by atoms with Crippen LogP contribution in [0.4, 0.5) is 4.39 Å². The predicted molar refractivity (Wildman–Crippen MR) is 96.6 cm³/mol. The summed E-state index contributed by atoms with van der Waals surface area (Å²) >= 11 is 0. The average molecular weight is 387 g/mol. The number of nitrogens with zero attached hydrogens (tertiary/aromatic N) is 5. The molecule has 4 rings (SSSR count). The Morgan fingerprint density at radius 3 is 2.67 bits per heavy atom. The lowest BCUT2D eigenvalue weighted by atomic mass is 10.1. The van der Waals surface area contributed by atoms with Crippen LogP contribution in [0.5, 0.6) is 0 Å². The molecule has 3 heterocycles. The Balaban J connectivity index is 1.59. The number of hydrogen-bond donors (Lipinski definition) is 0. The highest BCUT2D eigenvalue weighted by Gasteiger charge is 2.30. The van der Waals surface area contributed by atoms with E-state index >= 15 is 0 Å². The van der Waals surface area contributed by atoms with Crippen molar-refractivity contribution in [2.75, 3.05) is 6.54 Å². The third-order valence-corrected chi connectivity index (χ3v) is 6.37. The SMILES string of the molecule is CCn1cc(S(=O)(=O)N2CCc3nc(-c4ccc(F)cc4)ncc3C2)cn1. The summed E-state index contributed by atoms with van der Waals surface area (Å²) in [6, 6.07) is 5.98. The van der Waals surface area contributed by atoms with Gasteiger partial charge in [0, 0.05) is 49.6 Å². The van der Waals surface area contributed by atoms with Crippen LogP contribution in [0.2, 0.25) is 0 Å². The Labute approximate surface area is 156 Å². The molecule has 9 heteroatoms.